The Bertz CT molecular complexity index is 681. The van der Waals surface area contributed by atoms with Crippen LogP contribution in [0.1, 0.15) is 47.5 Å². The van der Waals surface area contributed by atoms with Crippen LogP contribution in [0.5, 0.6) is 0 Å². The number of hydrogen-bond acceptors (Lipinski definition) is 5. The van der Waals surface area contributed by atoms with E-state index in [2.05, 4.69) is 20.3 Å². The molecule has 2 aromatic rings. The first-order valence-electron chi connectivity index (χ1n) is 7.11. The van der Waals surface area contributed by atoms with E-state index in [1.165, 1.54) is 11.8 Å². The van der Waals surface area contributed by atoms with Gasteiger partial charge in [-0.1, -0.05) is 13.8 Å². The first-order chi connectivity index (χ1) is 10.4. The van der Waals surface area contributed by atoms with Gasteiger partial charge in [-0.05, 0) is 13.2 Å². The van der Waals surface area contributed by atoms with E-state index >= 15 is 0 Å². The number of aromatic nitrogens is 4. The number of nitrogens with zero attached hydrogens (tertiary/aromatic N) is 4. The molecule has 0 saturated heterocycles. The molecule has 0 aliphatic carbocycles. The van der Waals surface area contributed by atoms with Crippen LogP contribution in [0.15, 0.2) is 17.4 Å². The van der Waals surface area contributed by atoms with Crippen LogP contribution in [-0.4, -0.2) is 31.7 Å². The van der Waals surface area contributed by atoms with E-state index < -0.39 is 0 Å². The summed E-state index contributed by atoms with van der Waals surface area (Å²) in [6, 6.07) is 0. The van der Waals surface area contributed by atoms with Crippen molar-refractivity contribution in [3.63, 3.8) is 0 Å². The van der Waals surface area contributed by atoms with Gasteiger partial charge in [-0.3, -0.25) is 4.79 Å². The third-order valence-corrected chi connectivity index (χ3v) is 4.02. The third-order valence-electron chi connectivity index (χ3n) is 3.34. The molecule has 2 rings (SSSR count). The molecule has 6 nitrogen and oxygen atoms in total. The molecule has 0 fully saturated rings. The summed E-state index contributed by atoms with van der Waals surface area (Å²) in [6.45, 7) is 6.31. The first-order valence-corrected chi connectivity index (χ1v) is 8.33. The van der Waals surface area contributed by atoms with E-state index in [1.807, 2.05) is 44.8 Å². The van der Waals surface area contributed by atoms with Crippen molar-refractivity contribution in [2.24, 2.45) is 7.05 Å². The van der Waals surface area contributed by atoms with Gasteiger partial charge in [-0.2, -0.15) is 0 Å². The van der Waals surface area contributed by atoms with Gasteiger partial charge in [-0.15, -0.1) is 11.8 Å². The largest absolute Gasteiger partial charge is 0.345 e. The summed E-state index contributed by atoms with van der Waals surface area (Å²) in [7, 11) is 1.90. The van der Waals surface area contributed by atoms with Gasteiger partial charge in [0.05, 0.1) is 17.8 Å². The highest BCUT2D eigenvalue weighted by Crippen LogP contribution is 2.23. The molecule has 0 spiro atoms. The smallest absolute Gasteiger partial charge is 0.256 e. The van der Waals surface area contributed by atoms with Crippen LogP contribution >= 0.6 is 11.8 Å². The van der Waals surface area contributed by atoms with Crippen LogP contribution in [0.25, 0.3) is 0 Å². The monoisotopic (exact) mass is 319 g/mol. The molecule has 0 unspecified atom stereocenters. The predicted octanol–water partition coefficient (Wildman–Crippen LogP) is 2.29. The quantitative estimate of drug-likeness (QED) is 0.676. The van der Waals surface area contributed by atoms with Crippen LogP contribution in [0.2, 0.25) is 0 Å². The van der Waals surface area contributed by atoms with E-state index in [0.717, 1.165) is 11.6 Å². The Morgan fingerprint density at radius 1 is 1.41 bits per heavy atom. The van der Waals surface area contributed by atoms with Gasteiger partial charge in [0.25, 0.3) is 5.91 Å². The Hall–Kier alpha value is -1.89. The molecule has 0 aliphatic rings. The summed E-state index contributed by atoms with van der Waals surface area (Å²) < 4.78 is 1.88. The van der Waals surface area contributed by atoms with Crippen LogP contribution in [-0.2, 0) is 13.6 Å². The predicted molar refractivity (Wildman–Crippen MR) is 87.0 cm³/mol. The molecule has 0 aliphatic heterocycles. The molecule has 0 aromatic carbocycles. The van der Waals surface area contributed by atoms with Crippen LogP contribution in [0.3, 0.4) is 0 Å². The maximum absolute atomic E-state index is 12.5. The lowest BCUT2D eigenvalue weighted by atomic mass is 10.1. The fourth-order valence-corrected chi connectivity index (χ4v) is 2.68. The maximum Gasteiger partial charge on any atom is 0.256 e. The average molecular weight is 319 g/mol. The summed E-state index contributed by atoms with van der Waals surface area (Å²) in [6.07, 6.45) is 5.47. The first kappa shape index (κ1) is 16.5. The summed E-state index contributed by atoms with van der Waals surface area (Å²) in [5.74, 6) is 1.63. The normalized spacial score (nSPS) is 11.0. The summed E-state index contributed by atoms with van der Waals surface area (Å²) >= 11 is 1.46. The number of nitrogens with one attached hydrogen (secondary N) is 1. The highest BCUT2D eigenvalue weighted by molar-refractivity contribution is 7.98. The van der Waals surface area contributed by atoms with E-state index in [0.29, 0.717) is 22.8 Å². The number of amides is 1. The van der Waals surface area contributed by atoms with E-state index in [-0.39, 0.29) is 11.8 Å². The van der Waals surface area contributed by atoms with E-state index in [4.69, 9.17) is 0 Å². The van der Waals surface area contributed by atoms with E-state index in [1.54, 1.807) is 6.20 Å². The standard InChI is InChI=1S/C15H21N5OS/c1-9(2)13-18-10(3)12(15(19-13)22-5)14(21)17-8-11-16-6-7-20(11)4/h6-7,9H,8H2,1-5H3,(H,17,21). The molecule has 118 valence electrons. The fourth-order valence-electron chi connectivity index (χ4n) is 2.05. The van der Waals surface area contributed by atoms with Crippen molar-refractivity contribution < 1.29 is 4.79 Å². The second kappa shape index (κ2) is 6.91. The number of imidazole rings is 1. The van der Waals surface area contributed by atoms with Crippen molar-refractivity contribution >= 4 is 17.7 Å². The molecular weight excluding hydrogens is 298 g/mol. The molecule has 0 saturated carbocycles. The van der Waals surface area contributed by atoms with E-state index in [9.17, 15) is 4.79 Å². The topological polar surface area (TPSA) is 72.7 Å². The molecule has 1 N–H and O–H groups in total. The van der Waals surface area contributed by atoms with Crippen molar-refractivity contribution in [3.05, 3.63) is 35.3 Å². The Balaban J connectivity index is 2.23. The van der Waals surface area contributed by atoms with Crippen LogP contribution < -0.4 is 5.32 Å². The molecule has 2 aromatic heterocycles. The minimum atomic E-state index is -0.167. The highest BCUT2D eigenvalue weighted by atomic mass is 32.2. The summed E-state index contributed by atoms with van der Waals surface area (Å²) in [5, 5.41) is 3.61. The Morgan fingerprint density at radius 2 is 2.14 bits per heavy atom. The molecule has 0 atom stereocenters. The van der Waals surface area contributed by atoms with Gasteiger partial charge in [-0.25, -0.2) is 15.0 Å². The summed E-state index contributed by atoms with van der Waals surface area (Å²) in [4.78, 5) is 25.7. The van der Waals surface area contributed by atoms with Gasteiger partial charge in [0.2, 0.25) is 0 Å². The van der Waals surface area contributed by atoms with Crippen molar-refractivity contribution in [3.8, 4) is 0 Å². The Kier molecular flexibility index (Phi) is 5.18. The zero-order chi connectivity index (χ0) is 16.3. The molecular formula is C15H21N5OS. The zero-order valence-electron chi connectivity index (χ0n) is 13.5. The lowest BCUT2D eigenvalue weighted by Gasteiger charge is -2.13. The Morgan fingerprint density at radius 3 is 2.68 bits per heavy atom. The van der Waals surface area contributed by atoms with Gasteiger partial charge in [0, 0.05) is 25.4 Å². The summed E-state index contributed by atoms with van der Waals surface area (Å²) in [5.41, 5.74) is 1.26. The molecule has 0 radical (unpaired) electrons. The minimum Gasteiger partial charge on any atom is -0.345 e. The minimum absolute atomic E-state index is 0.167. The van der Waals surface area contributed by atoms with Crippen molar-refractivity contribution in [2.45, 2.75) is 38.3 Å². The highest BCUT2D eigenvalue weighted by Gasteiger charge is 2.19. The Labute approximate surface area is 134 Å². The zero-order valence-corrected chi connectivity index (χ0v) is 14.4. The molecule has 1 amide bonds. The molecule has 22 heavy (non-hydrogen) atoms. The average Bonchev–Trinajstić information content (AvgIpc) is 2.89. The maximum atomic E-state index is 12.5. The lowest BCUT2D eigenvalue weighted by Crippen LogP contribution is -2.26. The van der Waals surface area contributed by atoms with Gasteiger partial charge in [0.1, 0.15) is 16.7 Å². The second-order valence-corrected chi connectivity index (χ2v) is 6.14. The molecule has 7 heteroatoms. The number of carbonyl (C=O) groups is 1. The number of thioether (sulfide) groups is 1. The number of carbonyl (C=O) groups excluding carboxylic acids is 1. The number of rotatable bonds is 5. The fraction of sp³-hybridized carbons (Fsp3) is 0.467. The van der Waals surface area contributed by atoms with Crippen molar-refractivity contribution in [1.82, 2.24) is 24.8 Å². The number of hydrogen-bond donors (Lipinski definition) is 1. The third kappa shape index (κ3) is 3.47. The van der Waals surface area contributed by atoms with Crippen molar-refractivity contribution in [2.75, 3.05) is 6.26 Å². The van der Waals surface area contributed by atoms with Gasteiger partial charge < -0.3 is 9.88 Å². The lowest BCUT2D eigenvalue weighted by molar-refractivity contribution is 0.0944. The SMILES string of the molecule is CSc1nc(C(C)C)nc(C)c1C(=O)NCc1nccn1C. The molecule has 0 bridgehead atoms. The van der Waals surface area contributed by atoms with Gasteiger partial charge in [0.15, 0.2) is 0 Å². The van der Waals surface area contributed by atoms with Gasteiger partial charge >= 0.3 is 0 Å². The molecule has 2 heterocycles. The van der Waals surface area contributed by atoms with Crippen molar-refractivity contribution in [1.29, 1.82) is 0 Å². The number of aryl methyl sites for hydroxylation is 2. The second-order valence-electron chi connectivity index (χ2n) is 5.34. The van der Waals surface area contributed by atoms with Crippen LogP contribution in [0, 0.1) is 6.92 Å². The van der Waals surface area contributed by atoms with Crippen LogP contribution in [0.4, 0.5) is 0 Å².